The predicted molar refractivity (Wildman–Crippen MR) is 60.8 cm³/mol. The van der Waals surface area contributed by atoms with Gasteiger partial charge in [-0.3, -0.25) is 0 Å². The number of likely N-dealkylation sites (tertiary alicyclic amines) is 2. The molecular weight excluding hydrogens is 204 g/mol. The zero-order valence-corrected chi connectivity index (χ0v) is 10.5. The number of hydrogen-bond acceptors (Lipinski definition) is 2. The Balaban J connectivity index is 1.88. The molecule has 1 N–H and O–H groups in total. The lowest BCUT2D eigenvalue weighted by molar-refractivity contribution is -0.843. The van der Waals surface area contributed by atoms with E-state index in [9.17, 15) is 4.79 Å². The fourth-order valence-electron chi connectivity index (χ4n) is 2.70. The molecule has 0 spiro atoms. The van der Waals surface area contributed by atoms with E-state index in [1.807, 2.05) is 25.7 Å². The first-order valence-corrected chi connectivity index (χ1v) is 6.00. The third kappa shape index (κ3) is 2.48. The summed E-state index contributed by atoms with van der Waals surface area (Å²) in [6, 6.07) is 0. The number of rotatable bonds is 0. The van der Waals surface area contributed by atoms with E-state index in [2.05, 4.69) is 7.05 Å². The molecule has 0 radical (unpaired) electrons. The molecule has 1 unspecified atom stereocenters. The van der Waals surface area contributed by atoms with E-state index in [-0.39, 0.29) is 6.09 Å². The Hall–Kier alpha value is -0.770. The highest BCUT2D eigenvalue weighted by atomic mass is 16.6. The van der Waals surface area contributed by atoms with Crippen molar-refractivity contribution in [2.24, 2.45) is 11.8 Å². The van der Waals surface area contributed by atoms with E-state index in [4.69, 9.17) is 4.74 Å². The third-order valence-electron chi connectivity index (χ3n) is 3.33. The molecule has 2 heterocycles. The van der Waals surface area contributed by atoms with Gasteiger partial charge in [-0.1, -0.05) is 0 Å². The highest BCUT2D eigenvalue weighted by Gasteiger charge is 2.42. The van der Waals surface area contributed by atoms with E-state index in [1.54, 1.807) is 0 Å². The number of nitrogens with zero attached hydrogens (tertiary/aromatic N) is 1. The number of fused-ring (bicyclic) bond motifs is 1. The second-order valence-electron chi connectivity index (χ2n) is 6.06. The largest absolute Gasteiger partial charge is 0.467 e. The maximum Gasteiger partial charge on any atom is 0.410 e. The minimum atomic E-state index is -0.390. The standard InChI is InChI=1S/C12H22N2O2/c1-12(2,3)16-11(15)14-7-9-5-13(4)6-10(9)8-14/h9-10,13H,4-8H2,1-3H3/t9-,10+. The molecule has 0 aromatic heterocycles. The van der Waals surface area contributed by atoms with Crippen LogP contribution < -0.4 is 4.90 Å². The average Bonchev–Trinajstić information content (AvgIpc) is 2.56. The lowest BCUT2D eigenvalue weighted by Gasteiger charge is -2.25. The number of ether oxygens (including phenoxy) is 1. The predicted octanol–water partition coefficient (Wildman–Crippen LogP) is 0.160. The zero-order chi connectivity index (χ0) is 11.9. The van der Waals surface area contributed by atoms with Crippen molar-refractivity contribution >= 4 is 6.09 Å². The first kappa shape index (κ1) is 11.7. The minimum Gasteiger partial charge on any atom is -0.467 e. The Kier molecular flexibility index (Phi) is 2.86. The molecule has 0 aromatic rings. The van der Waals surface area contributed by atoms with E-state index >= 15 is 0 Å². The molecule has 0 bridgehead atoms. The highest BCUT2D eigenvalue weighted by molar-refractivity contribution is 5.68. The van der Waals surface area contributed by atoms with Crippen LogP contribution in [-0.4, -0.2) is 42.8 Å². The van der Waals surface area contributed by atoms with Crippen molar-refractivity contribution in [3.05, 3.63) is 7.05 Å². The normalized spacial score (nSPS) is 34.0. The number of amides is 1. The van der Waals surface area contributed by atoms with Crippen LogP contribution in [0, 0.1) is 18.9 Å². The lowest BCUT2D eigenvalue weighted by Crippen LogP contribution is -3.05. The summed E-state index contributed by atoms with van der Waals surface area (Å²) in [7, 11) is 4.03. The summed E-state index contributed by atoms with van der Waals surface area (Å²) in [6.45, 7) is 9.59. The van der Waals surface area contributed by atoms with Crippen LogP contribution in [0.4, 0.5) is 4.79 Å². The van der Waals surface area contributed by atoms with Gasteiger partial charge in [0.25, 0.3) is 0 Å². The van der Waals surface area contributed by atoms with Crippen LogP contribution >= 0.6 is 0 Å². The molecule has 2 fully saturated rings. The van der Waals surface area contributed by atoms with Crippen molar-refractivity contribution < 1.29 is 14.4 Å². The second-order valence-corrected chi connectivity index (χ2v) is 6.06. The summed E-state index contributed by atoms with van der Waals surface area (Å²) >= 11 is 0. The Morgan fingerprint density at radius 3 is 2.25 bits per heavy atom. The fraction of sp³-hybridized carbons (Fsp3) is 0.833. The van der Waals surface area contributed by atoms with Gasteiger partial charge in [0.15, 0.2) is 0 Å². The number of carbonyl (C=O) groups is 1. The molecule has 92 valence electrons. The second kappa shape index (κ2) is 3.91. The first-order chi connectivity index (χ1) is 7.35. The SMILES string of the molecule is [CH2-][NH+]1C[C@H]2CN(C(=O)OC(C)(C)C)C[C@H]2C1. The monoisotopic (exact) mass is 226 g/mol. The van der Waals surface area contributed by atoms with Crippen molar-refractivity contribution in [1.82, 2.24) is 4.90 Å². The van der Waals surface area contributed by atoms with Gasteiger partial charge >= 0.3 is 6.09 Å². The van der Waals surface area contributed by atoms with Crippen LogP contribution in [0.25, 0.3) is 0 Å². The summed E-state index contributed by atoms with van der Waals surface area (Å²) in [5, 5.41) is 0. The Morgan fingerprint density at radius 2 is 1.81 bits per heavy atom. The molecule has 0 aliphatic carbocycles. The van der Waals surface area contributed by atoms with E-state index in [1.165, 1.54) is 4.90 Å². The molecule has 2 aliphatic rings. The molecule has 0 saturated carbocycles. The molecule has 2 rings (SSSR count). The summed E-state index contributed by atoms with van der Waals surface area (Å²) in [6.07, 6.45) is -0.160. The van der Waals surface area contributed by atoms with Gasteiger partial charge in [0.2, 0.25) is 0 Å². The molecule has 16 heavy (non-hydrogen) atoms. The van der Waals surface area contributed by atoms with Gasteiger partial charge in [-0.25, -0.2) is 4.79 Å². The molecule has 0 aromatic carbocycles. The third-order valence-corrected chi connectivity index (χ3v) is 3.33. The van der Waals surface area contributed by atoms with Crippen LogP contribution in [0.1, 0.15) is 20.8 Å². The average molecular weight is 226 g/mol. The Labute approximate surface area is 97.5 Å². The van der Waals surface area contributed by atoms with Crippen LogP contribution in [0.3, 0.4) is 0 Å². The van der Waals surface area contributed by atoms with Gasteiger partial charge in [-0.05, 0) is 20.8 Å². The fourth-order valence-corrected chi connectivity index (χ4v) is 2.70. The number of carbonyl (C=O) groups excluding carboxylic acids is 1. The molecular formula is C12H22N2O2. The van der Waals surface area contributed by atoms with Crippen molar-refractivity contribution in [1.29, 1.82) is 0 Å². The van der Waals surface area contributed by atoms with E-state index < -0.39 is 5.60 Å². The van der Waals surface area contributed by atoms with Gasteiger partial charge in [0.1, 0.15) is 5.60 Å². The Bertz CT molecular complexity index is 271. The molecule has 1 amide bonds. The summed E-state index contributed by atoms with van der Waals surface area (Å²) in [5.41, 5.74) is -0.390. The number of nitrogens with one attached hydrogen (secondary N) is 1. The lowest BCUT2D eigenvalue weighted by atomic mass is 10.0. The van der Waals surface area contributed by atoms with Crippen LogP contribution in [0.2, 0.25) is 0 Å². The molecule has 4 heteroatoms. The van der Waals surface area contributed by atoms with E-state index in [0.29, 0.717) is 11.8 Å². The Morgan fingerprint density at radius 1 is 1.31 bits per heavy atom. The highest BCUT2D eigenvalue weighted by Crippen LogP contribution is 2.25. The maximum atomic E-state index is 11.9. The molecule has 2 saturated heterocycles. The molecule has 3 atom stereocenters. The molecule has 2 aliphatic heterocycles. The van der Waals surface area contributed by atoms with Crippen molar-refractivity contribution in [2.45, 2.75) is 26.4 Å². The summed E-state index contributed by atoms with van der Waals surface area (Å²) in [4.78, 5) is 15.1. The summed E-state index contributed by atoms with van der Waals surface area (Å²) in [5.74, 6) is 1.25. The van der Waals surface area contributed by atoms with Gasteiger partial charge < -0.3 is 14.5 Å². The van der Waals surface area contributed by atoms with Crippen LogP contribution in [-0.2, 0) is 4.74 Å². The molecule has 4 nitrogen and oxygen atoms in total. The smallest absolute Gasteiger partial charge is 0.410 e. The minimum absolute atomic E-state index is 0.160. The first-order valence-electron chi connectivity index (χ1n) is 6.00. The van der Waals surface area contributed by atoms with Gasteiger partial charge in [-0.2, -0.15) is 7.05 Å². The quantitative estimate of drug-likeness (QED) is 0.597. The number of hydrogen-bond donors (Lipinski definition) is 1. The number of quaternary nitrogens is 1. The topological polar surface area (TPSA) is 34.0 Å². The van der Waals surface area contributed by atoms with Gasteiger partial charge in [0, 0.05) is 24.9 Å². The van der Waals surface area contributed by atoms with Crippen molar-refractivity contribution in [2.75, 3.05) is 26.2 Å². The van der Waals surface area contributed by atoms with Crippen molar-refractivity contribution in [3.63, 3.8) is 0 Å². The summed E-state index contributed by atoms with van der Waals surface area (Å²) < 4.78 is 5.38. The zero-order valence-electron chi connectivity index (χ0n) is 10.5. The maximum absolute atomic E-state index is 11.9. The van der Waals surface area contributed by atoms with Crippen molar-refractivity contribution in [3.8, 4) is 0 Å². The van der Waals surface area contributed by atoms with Gasteiger partial charge in [-0.15, -0.1) is 0 Å². The van der Waals surface area contributed by atoms with Crippen LogP contribution in [0.5, 0.6) is 0 Å². The van der Waals surface area contributed by atoms with Crippen LogP contribution in [0.15, 0.2) is 0 Å². The van der Waals surface area contributed by atoms with E-state index in [0.717, 1.165) is 26.2 Å². The van der Waals surface area contributed by atoms with Gasteiger partial charge in [0.05, 0.1) is 13.1 Å².